The molecule has 2 rings (SSSR count). The largest absolute Gasteiger partial charge is 0.348 e. The fourth-order valence-corrected chi connectivity index (χ4v) is 1.60. The maximum atomic E-state index is 13.0. The summed E-state index contributed by atoms with van der Waals surface area (Å²) in [6.07, 6.45) is 2.57. The van der Waals surface area contributed by atoms with Crippen LogP contribution in [0.5, 0.6) is 0 Å². The fraction of sp³-hybridized carbons (Fsp3) is 0.182. The maximum Gasteiger partial charge on any atom is 0.254 e. The third kappa shape index (κ3) is 2.65. The zero-order chi connectivity index (χ0) is 13.1. The Kier molecular flexibility index (Phi) is 3.57. The molecule has 0 spiro atoms. The zero-order valence-electron chi connectivity index (χ0n) is 9.50. The molecule has 0 unspecified atom stereocenters. The molecule has 2 aromatic rings. The fourth-order valence-electron chi connectivity index (χ4n) is 1.41. The average Bonchev–Trinajstić information content (AvgIpc) is 2.75. The van der Waals surface area contributed by atoms with Crippen molar-refractivity contribution in [3.05, 3.63) is 46.3 Å². The van der Waals surface area contributed by atoms with E-state index in [9.17, 15) is 9.18 Å². The van der Waals surface area contributed by atoms with Gasteiger partial charge in [-0.1, -0.05) is 11.6 Å². The third-order valence-electron chi connectivity index (χ3n) is 2.42. The first-order valence-corrected chi connectivity index (χ1v) is 5.54. The Bertz CT molecular complexity index is 584. The molecular weight excluding hydrogens is 259 g/mol. The van der Waals surface area contributed by atoms with Gasteiger partial charge >= 0.3 is 0 Å². The summed E-state index contributed by atoms with van der Waals surface area (Å²) in [5, 5.41) is 9.17. The normalized spacial score (nSPS) is 10.4. The van der Waals surface area contributed by atoms with Gasteiger partial charge in [0.1, 0.15) is 11.0 Å². The molecule has 5 nitrogen and oxygen atoms in total. The Balaban J connectivity index is 2.08. The number of aromatic amines is 1. The number of halogens is 2. The molecule has 2 aromatic heterocycles. The quantitative estimate of drug-likeness (QED) is 0.835. The van der Waals surface area contributed by atoms with Crippen molar-refractivity contribution in [2.45, 2.75) is 13.5 Å². The zero-order valence-corrected chi connectivity index (χ0v) is 10.3. The number of hydrogen-bond donors (Lipinski definition) is 2. The minimum absolute atomic E-state index is 0.0119. The lowest BCUT2D eigenvalue weighted by atomic mass is 10.2. The summed E-state index contributed by atoms with van der Waals surface area (Å²) in [5.41, 5.74) is 1.72. The van der Waals surface area contributed by atoms with E-state index in [0.717, 1.165) is 23.5 Å². The molecule has 1 amide bonds. The van der Waals surface area contributed by atoms with Gasteiger partial charge in [-0.25, -0.2) is 9.37 Å². The Labute approximate surface area is 107 Å². The number of aromatic nitrogens is 3. The molecule has 0 saturated carbocycles. The molecule has 0 bridgehead atoms. The van der Waals surface area contributed by atoms with Crippen molar-refractivity contribution in [1.82, 2.24) is 20.5 Å². The number of amides is 1. The summed E-state index contributed by atoms with van der Waals surface area (Å²) in [7, 11) is 0. The number of nitrogens with one attached hydrogen (secondary N) is 2. The average molecular weight is 269 g/mol. The van der Waals surface area contributed by atoms with Crippen LogP contribution in [-0.4, -0.2) is 21.1 Å². The first-order valence-electron chi connectivity index (χ1n) is 5.16. The number of pyridine rings is 1. The van der Waals surface area contributed by atoms with Crippen molar-refractivity contribution in [3.8, 4) is 0 Å². The Morgan fingerprint density at radius 2 is 2.33 bits per heavy atom. The highest BCUT2D eigenvalue weighted by atomic mass is 35.5. The van der Waals surface area contributed by atoms with Crippen molar-refractivity contribution in [2.75, 3.05) is 0 Å². The molecule has 0 aromatic carbocycles. The van der Waals surface area contributed by atoms with E-state index >= 15 is 0 Å². The standard InChI is InChI=1S/C11H10ClFN4O/c1-6-7(4-16-17-6)3-15-11(18)9-2-8(13)5-14-10(9)12/h2,4-5H,3H2,1H3,(H,15,18)(H,16,17). The molecule has 0 atom stereocenters. The molecular formula is C11H10ClFN4O. The monoisotopic (exact) mass is 268 g/mol. The van der Waals surface area contributed by atoms with Crippen molar-refractivity contribution in [1.29, 1.82) is 0 Å². The van der Waals surface area contributed by atoms with Crippen LogP contribution in [0.2, 0.25) is 5.15 Å². The first kappa shape index (κ1) is 12.5. The van der Waals surface area contributed by atoms with Crippen molar-refractivity contribution in [3.63, 3.8) is 0 Å². The van der Waals surface area contributed by atoms with Gasteiger partial charge in [0, 0.05) is 17.8 Å². The topological polar surface area (TPSA) is 70.7 Å². The Morgan fingerprint density at radius 1 is 1.56 bits per heavy atom. The van der Waals surface area contributed by atoms with E-state index in [0.29, 0.717) is 0 Å². The third-order valence-corrected chi connectivity index (χ3v) is 2.73. The summed E-state index contributed by atoms with van der Waals surface area (Å²) >= 11 is 5.73. The highest BCUT2D eigenvalue weighted by molar-refractivity contribution is 6.32. The summed E-state index contributed by atoms with van der Waals surface area (Å²) in [5.74, 6) is -1.09. The lowest BCUT2D eigenvalue weighted by molar-refractivity contribution is 0.0950. The van der Waals surface area contributed by atoms with Crippen molar-refractivity contribution in [2.24, 2.45) is 0 Å². The van der Waals surface area contributed by atoms with Crippen LogP contribution in [0.25, 0.3) is 0 Å². The number of carbonyl (C=O) groups is 1. The smallest absolute Gasteiger partial charge is 0.254 e. The number of H-pyrrole nitrogens is 1. The summed E-state index contributed by atoms with van der Waals surface area (Å²) < 4.78 is 13.0. The molecule has 2 heterocycles. The molecule has 0 fully saturated rings. The second kappa shape index (κ2) is 5.14. The number of hydrogen-bond acceptors (Lipinski definition) is 3. The van der Waals surface area contributed by atoms with Gasteiger partial charge in [0.05, 0.1) is 18.0 Å². The second-order valence-electron chi connectivity index (χ2n) is 3.69. The number of aryl methyl sites for hydroxylation is 1. The number of rotatable bonds is 3. The molecule has 94 valence electrons. The Morgan fingerprint density at radius 3 is 3.00 bits per heavy atom. The van der Waals surface area contributed by atoms with E-state index in [4.69, 9.17) is 11.6 Å². The molecule has 0 aliphatic heterocycles. The van der Waals surface area contributed by atoms with Crippen LogP contribution in [0.1, 0.15) is 21.6 Å². The van der Waals surface area contributed by atoms with E-state index in [1.165, 1.54) is 0 Å². The van der Waals surface area contributed by atoms with Gasteiger partial charge < -0.3 is 5.32 Å². The molecule has 0 saturated heterocycles. The molecule has 2 N–H and O–H groups in total. The molecule has 0 aliphatic carbocycles. The lowest BCUT2D eigenvalue weighted by Crippen LogP contribution is -2.23. The van der Waals surface area contributed by atoms with Gasteiger partial charge in [-0.05, 0) is 13.0 Å². The van der Waals surface area contributed by atoms with E-state index in [2.05, 4.69) is 20.5 Å². The second-order valence-corrected chi connectivity index (χ2v) is 4.05. The molecule has 0 radical (unpaired) electrons. The first-order chi connectivity index (χ1) is 8.58. The Hall–Kier alpha value is -1.95. The number of nitrogens with zero attached hydrogens (tertiary/aromatic N) is 2. The van der Waals surface area contributed by atoms with Crippen LogP contribution >= 0.6 is 11.6 Å². The minimum Gasteiger partial charge on any atom is -0.348 e. The van der Waals surface area contributed by atoms with Crippen LogP contribution in [-0.2, 0) is 6.54 Å². The van der Waals surface area contributed by atoms with E-state index in [1.807, 2.05) is 6.92 Å². The van der Waals surface area contributed by atoms with Crippen LogP contribution in [0, 0.1) is 12.7 Å². The van der Waals surface area contributed by atoms with Gasteiger partial charge in [0.15, 0.2) is 0 Å². The molecule has 0 aliphatic rings. The van der Waals surface area contributed by atoms with Gasteiger partial charge in [-0.15, -0.1) is 0 Å². The van der Waals surface area contributed by atoms with Crippen LogP contribution in [0.4, 0.5) is 4.39 Å². The van der Waals surface area contributed by atoms with Crippen LogP contribution in [0.15, 0.2) is 18.5 Å². The van der Waals surface area contributed by atoms with Crippen molar-refractivity contribution < 1.29 is 9.18 Å². The SMILES string of the molecule is Cc1[nH]ncc1CNC(=O)c1cc(F)cnc1Cl. The van der Waals surface area contributed by atoms with Gasteiger partial charge in [-0.3, -0.25) is 9.89 Å². The summed E-state index contributed by atoms with van der Waals surface area (Å²) in [6.45, 7) is 2.12. The summed E-state index contributed by atoms with van der Waals surface area (Å²) in [6, 6.07) is 1.05. The summed E-state index contributed by atoms with van der Waals surface area (Å²) in [4.78, 5) is 15.4. The van der Waals surface area contributed by atoms with Crippen molar-refractivity contribution >= 4 is 17.5 Å². The van der Waals surface area contributed by atoms with E-state index < -0.39 is 11.7 Å². The minimum atomic E-state index is -0.607. The molecule has 18 heavy (non-hydrogen) atoms. The van der Waals surface area contributed by atoms with Crippen LogP contribution < -0.4 is 5.32 Å². The lowest BCUT2D eigenvalue weighted by Gasteiger charge is -2.05. The predicted octanol–water partition coefficient (Wildman–Crippen LogP) is 1.84. The van der Waals surface area contributed by atoms with Gasteiger partial charge in [0.2, 0.25) is 0 Å². The van der Waals surface area contributed by atoms with E-state index in [-0.39, 0.29) is 17.3 Å². The van der Waals surface area contributed by atoms with Crippen LogP contribution in [0.3, 0.4) is 0 Å². The highest BCUT2D eigenvalue weighted by Crippen LogP contribution is 2.13. The maximum absolute atomic E-state index is 13.0. The molecule has 7 heteroatoms. The van der Waals surface area contributed by atoms with Gasteiger partial charge in [0.25, 0.3) is 5.91 Å². The number of carbonyl (C=O) groups excluding carboxylic acids is 1. The predicted molar refractivity (Wildman–Crippen MR) is 63.7 cm³/mol. The highest BCUT2D eigenvalue weighted by Gasteiger charge is 2.13. The van der Waals surface area contributed by atoms with Gasteiger partial charge in [-0.2, -0.15) is 5.10 Å². The van der Waals surface area contributed by atoms with E-state index in [1.54, 1.807) is 6.20 Å².